The number of ether oxygens (including phenoxy) is 1. The summed E-state index contributed by atoms with van der Waals surface area (Å²) in [6.07, 6.45) is 0.963. The zero-order valence-corrected chi connectivity index (χ0v) is 13.0. The van der Waals surface area contributed by atoms with E-state index in [1.54, 1.807) is 5.38 Å². The number of nitrogens with zero attached hydrogens (tertiary/aromatic N) is 1. The van der Waals surface area contributed by atoms with Gasteiger partial charge in [0.05, 0.1) is 6.61 Å². The molecule has 0 aliphatic heterocycles. The second-order valence-electron chi connectivity index (χ2n) is 4.61. The standard InChI is InChI=1S/C15H19N3O2S/c1-3-6-20-11-4-5-12(10(2)7-11)18-15(19)13-9-21-14(8-16)17-13/h4-5,7,9H,3,6,8,16H2,1-2H3,(H,18,19). The third-order valence-electron chi connectivity index (χ3n) is 2.88. The molecule has 1 aromatic carbocycles. The first-order valence-corrected chi connectivity index (χ1v) is 7.71. The van der Waals surface area contributed by atoms with Crippen LogP contribution in [0.2, 0.25) is 0 Å². The van der Waals surface area contributed by atoms with Crippen LogP contribution in [0.5, 0.6) is 5.75 Å². The number of rotatable bonds is 6. The minimum Gasteiger partial charge on any atom is -0.494 e. The summed E-state index contributed by atoms with van der Waals surface area (Å²) in [7, 11) is 0. The zero-order valence-electron chi connectivity index (χ0n) is 12.2. The van der Waals surface area contributed by atoms with Gasteiger partial charge in [0.2, 0.25) is 0 Å². The first-order valence-electron chi connectivity index (χ1n) is 6.83. The number of thiazole rings is 1. The van der Waals surface area contributed by atoms with E-state index in [0.29, 0.717) is 18.8 Å². The Balaban J connectivity index is 2.06. The van der Waals surface area contributed by atoms with Gasteiger partial charge in [0.25, 0.3) is 5.91 Å². The van der Waals surface area contributed by atoms with Crippen molar-refractivity contribution in [2.24, 2.45) is 5.73 Å². The van der Waals surface area contributed by atoms with Crippen molar-refractivity contribution in [3.8, 4) is 5.75 Å². The number of hydrogen-bond acceptors (Lipinski definition) is 5. The number of nitrogens with two attached hydrogens (primary N) is 1. The van der Waals surface area contributed by atoms with E-state index in [0.717, 1.165) is 28.4 Å². The number of carbonyl (C=O) groups is 1. The van der Waals surface area contributed by atoms with E-state index in [-0.39, 0.29) is 5.91 Å². The van der Waals surface area contributed by atoms with Gasteiger partial charge in [-0.15, -0.1) is 11.3 Å². The summed E-state index contributed by atoms with van der Waals surface area (Å²) in [4.78, 5) is 16.3. The fourth-order valence-electron chi connectivity index (χ4n) is 1.78. The number of aromatic nitrogens is 1. The quantitative estimate of drug-likeness (QED) is 0.860. The number of amides is 1. The van der Waals surface area contributed by atoms with E-state index in [2.05, 4.69) is 17.2 Å². The van der Waals surface area contributed by atoms with Crippen molar-refractivity contribution < 1.29 is 9.53 Å². The Morgan fingerprint density at radius 2 is 2.29 bits per heavy atom. The van der Waals surface area contributed by atoms with Gasteiger partial charge >= 0.3 is 0 Å². The molecule has 21 heavy (non-hydrogen) atoms. The predicted octanol–water partition coefficient (Wildman–Crippen LogP) is 2.95. The number of hydrogen-bond donors (Lipinski definition) is 2. The summed E-state index contributed by atoms with van der Waals surface area (Å²) in [5, 5.41) is 5.32. The van der Waals surface area contributed by atoms with Gasteiger partial charge in [0, 0.05) is 17.6 Å². The molecule has 1 heterocycles. The van der Waals surface area contributed by atoms with Crippen LogP contribution >= 0.6 is 11.3 Å². The molecule has 0 unspecified atom stereocenters. The van der Waals surface area contributed by atoms with Crippen LogP contribution in [0, 0.1) is 6.92 Å². The normalized spacial score (nSPS) is 10.4. The number of carbonyl (C=O) groups excluding carboxylic acids is 1. The maximum atomic E-state index is 12.1. The number of benzene rings is 1. The van der Waals surface area contributed by atoms with Gasteiger partial charge in [-0.1, -0.05) is 6.92 Å². The molecule has 0 atom stereocenters. The molecular formula is C15H19N3O2S. The molecule has 0 saturated carbocycles. The lowest BCUT2D eigenvalue weighted by Gasteiger charge is -2.10. The highest BCUT2D eigenvalue weighted by Gasteiger charge is 2.12. The lowest BCUT2D eigenvalue weighted by molar-refractivity contribution is 0.102. The molecule has 0 fully saturated rings. The maximum Gasteiger partial charge on any atom is 0.275 e. The monoisotopic (exact) mass is 305 g/mol. The minimum atomic E-state index is -0.226. The summed E-state index contributed by atoms with van der Waals surface area (Å²) >= 11 is 1.39. The summed E-state index contributed by atoms with van der Waals surface area (Å²) in [6, 6.07) is 5.61. The van der Waals surface area contributed by atoms with E-state index in [9.17, 15) is 4.79 Å². The fourth-order valence-corrected chi connectivity index (χ4v) is 2.44. The highest BCUT2D eigenvalue weighted by Crippen LogP contribution is 2.22. The molecule has 1 amide bonds. The topological polar surface area (TPSA) is 77.2 Å². The maximum absolute atomic E-state index is 12.1. The van der Waals surface area contributed by atoms with E-state index >= 15 is 0 Å². The average molecular weight is 305 g/mol. The molecular weight excluding hydrogens is 286 g/mol. The van der Waals surface area contributed by atoms with Crippen LogP contribution in [-0.2, 0) is 6.54 Å². The van der Waals surface area contributed by atoms with Gasteiger partial charge in [-0.2, -0.15) is 0 Å². The second-order valence-corrected chi connectivity index (χ2v) is 5.55. The van der Waals surface area contributed by atoms with Gasteiger partial charge in [0.15, 0.2) is 0 Å². The molecule has 112 valence electrons. The Kier molecular flexibility index (Phi) is 5.30. The van der Waals surface area contributed by atoms with E-state index in [1.165, 1.54) is 11.3 Å². The van der Waals surface area contributed by atoms with Crippen LogP contribution in [-0.4, -0.2) is 17.5 Å². The van der Waals surface area contributed by atoms with Gasteiger partial charge in [-0.05, 0) is 37.1 Å². The first kappa shape index (κ1) is 15.5. The summed E-state index contributed by atoms with van der Waals surface area (Å²) < 4.78 is 5.56. The van der Waals surface area contributed by atoms with Gasteiger partial charge in [-0.25, -0.2) is 4.98 Å². The fraction of sp³-hybridized carbons (Fsp3) is 0.333. The third-order valence-corrected chi connectivity index (χ3v) is 3.75. The van der Waals surface area contributed by atoms with Crippen molar-refractivity contribution in [2.75, 3.05) is 11.9 Å². The molecule has 0 aliphatic rings. The highest BCUT2D eigenvalue weighted by molar-refractivity contribution is 7.09. The Hall–Kier alpha value is -1.92. The Morgan fingerprint density at radius 3 is 2.90 bits per heavy atom. The number of anilines is 1. The van der Waals surface area contributed by atoms with Crippen molar-refractivity contribution in [1.29, 1.82) is 0 Å². The van der Waals surface area contributed by atoms with Crippen LogP contribution in [0.3, 0.4) is 0 Å². The molecule has 2 aromatic rings. The molecule has 3 N–H and O–H groups in total. The van der Waals surface area contributed by atoms with Crippen molar-refractivity contribution in [3.63, 3.8) is 0 Å². The molecule has 0 radical (unpaired) electrons. The van der Waals surface area contributed by atoms with E-state index in [1.807, 2.05) is 25.1 Å². The summed E-state index contributed by atoms with van der Waals surface area (Å²) in [5.41, 5.74) is 7.60. The van der Waals surface area contributed by atoms with Crippen LogP contribution in [0.25, 0.3) is 0 Å². The van der Waals surface area contributed by atoms with Crippen LogP contribution in [0.4, 0.5) is 5.69 Å². The molecule has 0 saturated heterocycles. The van der Waals surface area contributed by atoms with Crippen LogP contribution in [0.1, 0.15) is 34.4 Å². The van der Waals surface area contributed by atoms with Crippen LogP contribution in [0.15, 0.2) is 23.6 Å². The molecule has 1 aromatic heterocycles. The van der Waals surface area contributed by atoms with Gasteiger partial charge in [0.1, 0.15) is 16.5 Å². The molecule has 0 spiro atoms. The molecule has 6 heteroatoms. The summed E-state index contributed by atoms with van der Waals surface area (Å²) in [6.45, 7) is 5.03. The van der Waals surface area contributed by atoms with Crippen molar-refractivity contribution in [1.82, 2.24) is 4.98 Å². The van der Waals surface area contributed by atoms with Crippen LogP contribution < -0.4 is 15.8 Å². The Bertz CT molecular complexity index is 625. The van der Waals surface area contributed by atoms with Crippen molar-refractivity contribution in [2.45, 2.75) is 26.8 Å². The molecule has 0 aliphatic carbocycles. The molecule has 5 nitrogen and oxygen atoms in total. The average Bonchev–Trinajstić information content (AvgIpc) is 2.96. The lowest BCUT2D eigenvalue weighted by Crippen LogP contribution is -2.13. The first-order chi connectivity index (χ1) is 10.1. The summed E-state index contributed by atoms with van der Waals surface area (Å²) in [5.74, 6) is 0.586. The van der Waals surface area contributed by atoms with Gasteiger partial charge in [-0.3, -0.25) is 4.79 Å². The molecule has 0 bridgehead atoms. The zero-order chi connectivity index (χ0) is 15.2. The smallest absolute Gasteiger partial charge is 0.275 e. The van der Waals surface area contributed by atoms with E-state index < -0.39 is 0 Å². The number of nitrogens with one attached hydrogen (secondary N) is 1. The van der Waals surface area contributed by atoms with Crippen molar-refractivity contribution >= 4 is 22.9 Å². The lowest BCUT2D eigenvalue weighted by atomic mass is 10.2. The molecule has 2 rings (SSSR count). The minimum absolute atomic E-state index is 0.226. The largest absolute Gasteiger partial charge is 0.494 e. The third kappa shape index (κ3) is 4.03. The predicted molar refractivity (Wildman–Crippen MR) is 84.9 cm³/mol. The second kappa shape index (κ2) is 7.19. The Labute approximate surface area is 128 Å². The van der Waals surface area contributed by atoms with Crippen molar-refractivity contribution in [3.05, 3.63) is 39.8 Å². The number of aryl methyl sites for hydroxylation is 1. The van der Waals surface area contributed by atoms with Gasteiger partial charge < -0.3 is 15.8 Å². The van der Waals surface area contributed by atoms with E-state index in [4.69, 9.17) is 10.5 Å². The highest BCUT2D eigenvalue weighted by atomic mass is 32.1. The SMILES string of the molecule is CCCOc1ccc(NC(=O)c2csc(CN)n2)c(C)c1. The Morgan fingerprint density at radius 1 is 1.48 bits per heavy atom.